The Morgan fingerprint density at radius 3 is 2.96 bits per heavy atom. The molecule has 0 unspecified atom stereocenters. The molecule has 0 saturated heterocycles. The first-order chi connectivity index (χ1) is 12.6. The summed E-state index contributed by atoms with van der Waals surface area (Å²) in [5, 5.41) is 7.76. The molecule has 0 spiro atoms. The molecule has 1 aliphatic carbocycles. The first kappa shape index (κ1) is 16.9. The zero-order valence-corrected chi connectivity index (χ0v) is 15.4. The Hall–Kier alpha value is -2.54. The van der Waals surface area contributed by atoms with Gasteiger partial charge in [0.1, 0.15) is 6.54 Å². The summed E-state index contributed by atoms with van der Waals surface area (Å²) >= 11 is 1.43. The van der Waals surface area contributed by atoms with E-state index in [0.717, 1.165) is 59.1 Å². The predicted octanol–water partition coefficient (Wildman–Crippen LogP) is 3.07. The largest absolute Gasteiger partial charge is 0.300 e. The number of fused-ring (bicyclic) bond motifs is 2. The molecule has 134 valence electrons. The number of aromatic nitrogens is 3. The molecule has 3 aromatic rings. The zero-order valence-electron chi connectivity index (χ0n) is 14.6. The van der Waals surface area contributed by atoms with Gasteiger partial charge in [-0.1, -0.05) is 23.8 Å². The van der Waals surface area contributed by atoms with Gasteiger partial charge < -0.3 is 5.32 Å². The number of thiazole rings is 1. The van der Waals surface area contributed by atoms with E-state index in [1.807, 2.05) is 25.1 Å². The Morgan fingerprint density at radius 1 is 1.23 bits per heavy atom. The number of hydrogen-bond donors (Lipinski definition) is 1. The van der Waals surface area contributed by atoms with E-state index < -0.39 is 0 Å². The fraction of sp³-hybridized carbons (Fsp3) is 0.368. The van der Waals surface area contributed by atoms with Crippen LogP contribution in [0.15, 0.2) is 29.1 Å². The van der Waals surface area contributed by atoms with E-state index in [9.17, 15) is 9.59 Å². The molecular weight excluding hydrogens is 348 g/mol. The van der Waals surface area contributed by atoms with E-state index in [1.165, 1.54) is 16.0 Å². The third kappa shape index (κ3) is 3.53. The lowest BCUT2D eigenvalue weighted by molar-refractivity contribution is -0.117. The number of amides is 1. The molecule has 0 bridgehead atoms. The van der Waals surface area contributed by atoms with Gasteiger partial charge in [-0.25, -0.2) is 9.67 Å². The van der Waals surface area contributed by atoms with Crippen molar-refractivity contribution in [1.82, 2.24) is 14.8 Å². The van der Waals surface area contributed by atoms with Crippen molar-refractivity contribution in [3.05, 3.63) is 51.4 Å². The van der Waals surface area contributed by atoms with Crippen molar-refractivity contribution in [2.75, 3.05) is 5.32 Å². The number of anilines is 1. The molecule has 2 heterocycles. The Kier molecular flexibility index (Phi) is 4.55. The second kappa shape index (κ2) is 6.99. The van der Waals surface area contributed by atoms with Crippen LogP contribution in [0, 0.1) is 6.92 Å². The van der Waals surface area contributed by atoms with Crippen LogP contribution >= 0.6 is 11.3 Å². The molecule has 0 saturated carbocycles. The first-order valence-electron chi connectivity index (χ1n) is 8.85. The van der Waals surface area contributed by atoms with Gasteiger partial charge in [-0.05, 0) is 55.9 Å². The molecule has 1 aromatic carbocycles. The maximum absolute atomic E-state index is 12.4. The fourth-order valence-electron chi connectivity index (χ4n) is 3.27. The maximum Gasteiger partial charge on any atom is 0.267 e. The van der Waals surface area contributed by atoms with Gasteiger partial charge in [-0.15, -0.1) is 0 Å². The van der Waals surface area contributed by atoms with E-state index in [0.29, 0.717) is 5.13 Å². The van der Waals surface area contributed by atoms with E-state index in [4.69, 9.17) is 0 Å². The highest BCUT2D eigenvalue weighted by Gasteiger charge is 2.15. The molecule has 0 atom stereocenters. The monoisotopic (exact) mass is 368 g/mol. The van der Waals surface area contributed by atoms with Gasteiger partial charge in [0.15, 0.2) is 5.13 Å². The number of hydrogen-bond acceptors (Lipinski definition) is 5. The van der Waals surface area contributed by atoms with E-state index in [1.54, 1.807) is 6.07 Å². The molecule has 1 amide bonds. The van der Waals surface area contributed by atoms with Crippen LogP contribution in [0.3, 0.4) is 0 Å². The van der Waals surface area contributed by atoms with E-state index in [2.05, 4.69) is 15.4 Å². The number of nitrogens with zero attached hydrogens (tertiary/aromatic N) is 3. The summed E-state index contributed by atoms with van der Waals surface area (Å²) in [5.74, 6) is -0.288. The second-order valence-corrected chi connectivity index (χ2v) is 7.74. The highest BCUT2D eigenvalue weighted by atomic mass is 32.1. The third-order valence-corrected chi connectivity index (χ3v) is 5.54. The van der Waals surface area contributed by atoms with Gasteiger partial charge in [-0.2, -0.15) is 5.10 Å². The Bertz CT molecular complexity index is 1040. The van der Waals surface area contributed by atoms with Crippen LogP contribution < -0.4 is 10.9 Å². The number of benzene rings is 1. The van der Waals surface area contributed by atoms with Crippen LogP contribution in [-0.4, -0.2) is 20.7 Å². The molecule has 1 N–H and O–H groups in total. The summed E-state index contributed by atoms with van der Waals surface area (Å²) in [6, 6.07) is 7.62. The van der Waals surface area contributed by atoms with Gasteiger partial charge in [0.25, 0.3) is 5.56 Å². The smallest absolute Gasteiger partial charge is 0.267 e. The number of carbonyl (C=O) groups is 1. The maximum atomic E-state index is 12.4. The van der Waals surface area contributed by atoms with Crippen LogP contribution in [0.1, 0.15) is 36.1 Å². The van der Waals surface area contributed by atoms with Crippen LogP contribution in [0.5, 0.6) is 0 Å². The van der Waals surface area contributed by atoms with E-state index in [-0.39, 0.29) is 18.0 Å². The SMILES string of the molecule is Cc1ccc2nc(NC(=O)Cn3nc4c(cc3=O)CCCCC4)sc2c1. The average molecular weight is 368 g/mol. The van der Waals surface area contributed by atoms with Crippen molar-refractivity contribution in [1.29, 1.82) is 0 Å². The zero-order chi connectivity index (χ0) is 18.1. The number of aryl methyl sites for hydroxylation is 3. The molecule has 7 heteroatoms. The standard InChI is InChI=1S/C19H20N4O2S/c1-12-7-8-15-16(9-12)26-19(20-15)21-17(24)11-23-18(25)10-13-5-3-2-4-6-14(13)22-23/h7-10H,2-6,11H2,1H3,(H,20,21,24). The van der Waals surface area contributed by atoms with Gasteiger partial charge in [0.05, 0.1) is 15.9 Å². The average Bonchev–Trinajstić information content (AvgIpc) is 2.84. The Labute approximate surface area is 154 Å². The number of rotatable bonds is 3. The molecule has 0 radical (unpaired) electrons. The molecule has 26 heavy (non-hydrogen) atoms. The lowest BCUT2D eigenvalue weighted by atomic mass is 10.1. The minimum absolute atomic E-state index is 0.0962. The van der Waals surface area contributed by atoms with Crippen LogP contribution in [0.4, 0.5) is 5.13 Å². The summed E-state index contributed by atoms with van der Waals surface area (Å²) in [7, 11) is 0. The van der Waals surface area contributed by atoms with Crippen molar-refractivity contribution in [3.8, 4) is 0 Å². The molecule has 1 aliphatic rings. The third-order valence-electron chi connectivity index (χ3n) is 4.61. The summed E-state index contributed by atoms with van der Waals surface area (Å²) < 4.78 is 2.29. The van der Waals surface area contributed by atoms with Crippen molar-refractivity contribution in [3.63, 3.8) is 0 Å². The summed E-state index contributed by atoms with van der Waals surface area (Å²) in [6.45, 7) is 1.93. The Balaban J connectivity index is 1.52. The fourth-order valence-corrected chi connectivity index (χ4v) is 4.25. The molecule has 0 aliphatic heterocycles. The first-order valence-corrected chi connectivity index (χ1v) is 9.67. The molecule has 4 rings (SSSR count). The van der Waals surface area contributed by atoms with Crippen molar-refractivity contribution in [2.24, 2.45) is 0 Å². The lowest BCUT2D eigenvalue weighted by Crippen LogP contribution is -2.30. The van der Waals surface area contributed by atoms with Crippen LogP contribution in [0.2, 0.25) is 0 Å². The minimum atomic E-state index is -0.288. The molecule has 2 aromatic heterocycles. The Morgan fingerprint density at radius 2 is 2.08 bits per heavy atom. The predicted molar refractivity (Wildman–Crippen MR) is 103 cm³/mol. The van der Waals surface area contributed by atoms with E-state index >= 15 is 0 Å². The van der Waals surface area contributed by atoms with Gasteiger partial charge in [0.2, 0.25) is 5.91 Å². The van der Waals surface area contributed by atoms with Gasteiger partial charge in [0, 0.05) is 6.07 Å². The normalized spacial score (nSPS) is 14.0. The molecule has 0 fully saturated rings. The highest BCUT2D eigenvalue weighted by molar-refractivity contribution is 7.22. The number of carbonyl (C=O) groups excluding carboxylic acids is 1. The minimum Gasteiger partial charge on any atom is -0.300 e. The summed E-state index contributed by atoms with van der Waals surface area (Å²) in [5.41, 5.74) is 3.77. The van der Waals surface area contributed by atoms with Crippen LogP contribution in [-0.2, 0) is 24.2 Å². The van der Waals surface area contributed by atoms with Crippen molar-refractivity contribution in [2.45, 2.75) is 45.6 Å². The van der Waals surface area contributed by atoms with Crippen LogP contribution in [0.25, 0.3) is 10.2 Å². The van der Waals surface area contributed by atoms with Crippen molar-refractivity contribution < 1.29 is 4.79 Å². The summed E-state index contributed by atoms with van der Waals surface area (Å²) in [4.78, 5) is 29.1. The summed E-state index contributed by atoms with van der Waals surface area (Å²) in [6.07, 6.45) is 5.09. The highest BCUT2D eigenvalue weighted by Crippen LogP contribution is 2.26. The molecular formula is C19H20N4O2S. The quantitative estimate of drug-likeness (QED) is 0.721. The molecule has 6 nitrogen and oxygen atoms in total. The second-order valence-electron chi connectivity index (χ2n) is 6.71. The van der Waals surface area contributed by atoms with Gasteiger partial charge in [-0.3, -0.25) is 9.59 Å². The number of nitrogens with one attached hydrogen (secondary N) is 1. The topological polar surface area (TPSA) is 76.9 Å². The van der Waals surface area contributed by atoms with Gasteiger partial charge >= 0.3 is 0 Å². The lowest BCUT2D eigenvalue weighted by Gasteiger charge is -2.09. The van der Waals surface area contributed by atoms with Crippen molar-refractivity contribution >= 4 is 32.6 Å².